The van der Waals surface area contributed by atoms with Crippen molar-refractivity contribution >= 4 is 23.4 Å². The number of amides is 1. The molecule has 1 saturated heterocycles. The molecule has 1 aliphatic heterocycles. The summed E-state index contributed by atoms with van der Waals surface area (Å²) in [6.07, 6.45) is 9.39. The van der Waals surface area contributed by atoms with E-state index in [1.807, 2.05) is 57.2 Å². The molecule has 2 aromatic rings. The van der Waals surface area contributed by atoms with E-state index in [4.69, 9.17) is 14.5 Å². The van der Waals surface area contributed by atoms with Gasteiger partial charge in [-0.05, 0) is 82.9 Å². The SMILES string of the molecule is CC(C)(C)OC(=O)N1CCCC(c2nc(-c3ccc(OC4=CCCC=C4)cc3)c(C(=O)O)s2)C1. The Morgan fingerprint density at radius 3 is 2.59 bits per heavy atom. The first-order valence-corrected chi connectivity index (χ1v) is 12.4. The Hall–Kier alpha value is -3.13. The van der Waals surface area contributed by atoms with Gasteiger partial charge in [0.15, 0.2) is 0 Å². The average molecular weight is 483 g/mol. The average Bonchev–Trinajstić information content (AvgIpc) is 3.25. The van der Waals surface area contributed by atoms with Gasteiger partial charge in [0.2, 0.25) is 0 Å². The van der Waals surface area contributed by atoms with Crippen molar-refractivity contribution in [3.05, 3.63) is 58.1 Å². The van der Waals surface area contributed by atoms with Crippen molar-refractivity contribution in [3.63, 3.8) is 0 Å². The third-order valence-electron chi connectivity index (χ3n) is 5.58. The maximum absolute atomic E-state index is 12.5. The van der Waals surface area contributed by atoms with E-state index in [9.17, 15) is 14.7 Å². The molecule has 1 aromatic carbocycles. The molecule has 1 fully saturated rings. The second-order valence-electron chi connectivity index (χ2n) is 9.51. The number of carboxylic acids is 1. The monoisotopic (exact) mass is 482 g/mol. The van der Waals surface area contributed by atoms with E-state index in [2.05, 4.69) is 6.08 Å². The Bertz CT molecular complexity index is 1110. The van der Waals surface area contributed by atoms with E-state index in [1.165, 1.54) is 11.3 Å². The highest BCUT2D eigenvalue weighted by Gasteiger charge is 2.31. The number of rotatable bonds is 5. The number of nitrogens with zero attached hydrogens (tertiary/aromatic N) is 2. The maximum atomic E-state index is 12.5. The van der Waals surface area contributed by atoms with Crippen LogP contribution in [0.2, 0.25) is 0 Å². The van der Waals surface area contributed by atoms with E-state index in [0.29, 0.717) is 24.5 Å². The Kier molecular flexibility index (Phi) is 7.07. The predicted octanol–water partition coefficient (Wildman–Crippen LogP) is 6.24. The zero-order valence-electron chi connectivity index (χ0n) is 19.7. The minimum Gasteiger partial charge on any atom is -0.477 e. The van der Waals surface area contributed by atoms with Gasteiger partial charge in [0.25, 0.3) is 0 Å². The van der Waals surface area contributed by atoms with E-state index in [0.717, 1.165) is 42.0 Å². The number of ether oxygens (including phenoxy) is 2. The number of hydrogen-bond donors (Lipinski definition) is 1. The molecular formula is C26H30N2O5S. The minimum atomic E-state index is -1.00. The lowest BCUT2D eigenvalue weighted by Gasteiger charge is -2.33. The molecule has 4 rings (SSSR count). The zero-order chi connectivity index (χ0) is 24.3. The van der Waals surface area contributed by atoms with Crippen LogP contribution in [0.25, 0.3) is 11.3 Å². The summed E-state index contributed by atoms with van der Waals surface area (Å²) in [7, 11) is 0. The van der Waals surface area contributed by atoms with Gasteiger partial charge in [0, 0.05) is 24.6 Å². The summed E-state index contributed by atoms with van der Waals surface area (Å²) < 4.78 is 11.4. The van der Waals surface area contributed by atoms with E-state index in [1.54, 1.807) is 4.90 Å². The Balaban J connectivity index is 1.52. The van der Waals surface area contributed by atoms with Gasteiger partial charge in [-0.25, -0.2) is 14.6 Å². The molecule has 34 heavy (non-hydrogen) atoms. The van der Waals surface area contributed by atoms with Crippen LogP contribution >= 0.6 is 11.3 Å². The first-order chi connectivity index (χ1) is 16.2. The van der Waals surface area contributed by atoms with Gasteiger partial charge in [-0.2, -0.15) is 0 Å². The highest BCUT2D eigenvalue weighted by Crippen LogP contribution is 2.36. The molecule has 1 atom stereocenters. The fourth-order valence-corrected chi connectivity index (χ4v) is 5.06. The largest absolute Gasteiger partial charge is 0.477 e. The summed E-state index contributed by atoms with van der Waals surface area (Å²) in [6, 6.07) is 7.32. The van der Waals surface area contributed by atoms with Gasteiger partial charge in [-0.3, -0.25) is 0 Å². The Morgan fingerprint density at radius 2 is 1.94 bits per heavy atom. The molecule has 0 radical (unpaired) electrons. The molecular weight excluding hydrogens is 452 g/mol. The van der Waals surface area contributed by atoms with Gasteiger partial charge >= 0.3 is 12.1 Å². The molecule has 1 aliphatic carbocycles. The lowest BCUT2D eigenvalue weighted by Crippen LogP contribution is -2.42. The molecule has 0 saturated carbocycles. The van der Waals surface area contributed by atoms with Gasteiger partial charge < -0.3 is 19.5 Å². The van der Waals surface area contributed by atoms with E-state index in [-0.39, 0.29) is 16.9 Å². The molecule has 0 spiro atoms. The van der Waals surface area contributed by atoms with Crippen molar-refractivity contribution in [1.29, 1.82) is 0 Å². The fraction of sp³-hybridized carbons (Fsp3) is 0.423. The van der Waals surface area contributed by atoms with E-state index < -0.39 is 11.6 Å². The summed E-state index contributed by atoms with van der Waals surface area (Å²) in [5.74, 6) is 0.476. The standard InChI is InChI=1S/C26H30N2O5S/c1-26(2,3)33-25(31)28-15-7-8-18(16-28)23-27-21(22(34-23)24(29)30)17-11-13-20(14-12-17)32-19-9-5-4-6-10-19/h5,9-14,18H,4,6-8,15-16H2,1-3H3,(H,29,30). The van der Waals surface area contributed by atoms with Gasteiger partial charge in [0.1, 0.15) is 22.0 Å². The Labute approximate surface area is 203 Å². The summed E-state index contributed by atoms with van der Waals surface area (Å²) in [6.45, 7) is 6.63. The predicted molar refractivity (Wildman–Crippen MR) is 131 cm³/mol. The lowest BCUT2D eigenvalue weighted by molar-refractivity contribution is 0.0198. The van der Waals surface area contributed by atoms with Crippen LogP contribution < -0.4 is 4.74 Å². The van der Waals surface area contributed by atoms with Crippen molar-refractivity contribution in [2.75, 3.05) is 13.1 Å². The number of piperidine rings is 1. The van der Waals surface area contributed by atoms with Crippen LogP contribution in [-0.4, -0.2) is 45.7 Å². The van der Waals surface area contributed by atoms with Crippen molar-refractivity contribution in [2.45, 2.75) is 58.0 Å². The number of allylic oxidation sites excluding steroid dienone is 3. The normalized spacial score (nSPS) is 18.4. The number of likely N-dealkylation sites (tertiary alicyclic amines) is 1. The van der Waals surface area contributed by atoms with Crippen LogP contribution in [0.1, 0.15) is 67.1 Å². The number of aromatic carboxylic acids is 1. The minimum absolute atomic E-state index is 0.0225. The number of carbonyl (C=O) groups is 2. The number of hydrogen-bond acceptors (Lipinski definition) is 6. The van der Waals surface area contributed by atoms with Crippen LogP contribution in [0.4, 0.5) is 4.79 Å². The fourth-order valence-electron chi connectivity index (χ4n) is 4.00. The van der Waals surface area contributed by atoms with Crippen molar-refractivity contribution in [2.24, 2.45) is 0 Å². The second-order valence-corrected chi connectivity index (χ2v) is 10.5. The van der Waals surface area contributed by atoms with Crippen molar-refractivity contribution in [3.8, 4) is 17.0 Å². The summed E-state index contributed by atoms with van der Waals surface area (Å²) >= 11 is 1.19. The number of carboxylic acid groups (broad SMARTS) is 1. The maximum Gasteiger partial charge on any atom is 0.410 e. The molecule has 8 heteroatoms. The molecule has 2 heterocycles. The number of thiazole rings is 1. The number of aromatic nitrogens is 1. The molecule has 2 aliphatic rings. The molecule has 0 bridgehead atoms. The smallest absolute Gasteiger partial charge is 0.410 e. The third-order valence-corrected chi connectivity index (χ3v) is 6.79. The quantitative estimate of drug-likeness (QED) is 0.543. The molecule has 1 unspecified atom stereocenters. The number of carbonyl (C=O) groups excluding carboxylic acids is 1. The first kappa shape index (κ1) is 24.0. The van der Waals surface area contributed by atoms with Crippen LogP contribution in [0, 0.1) is 0 Å². The molecule has 1 N–H and O–H groups in total. The number of benzene rings is 1. The topological polar surface area (TPSA) is 89.0 Å². The Morgan fingerprint density at radius 1 is 1.18 bits per heavy atom. The summed E-state index contributed by atoms with van der Waals surface area (Å²) in [5.41, 5.74) is 0.611. The molecule has 180 valence electrons. The summed E-state index contributed by atoms with van der Waals surface area (Å²) in [4.78, 5) is 31.2. The second kappa shape index (κ2) is 10.0. The van der Waals surface area contributed by atoms with E-state index >= 15 is 0 Å². The first-order valence-electron chi connectivity index (χ1n) is 11.6. The van der Waals surface area contributed by atoms with Crippen molar-refractivity contribution < 1.29 is 24.2 Å². The van der Waals surface area contributed by atoms with Crippen LogP contribution in [-0.2, 0) is 4.74 Å². The summed E-state index contributed by atoms with van der Waals surface area (Å²) in [5, 5.41) is 10.6. The van der Waals surface area contributed by atoms with Gasteiger partial charge in [0.05, 0.1) is 10.7 Å². The lowest BCUT2D eigenvalue weighted by atomic mass is 9.99. The zero-order valence-corrected chi connectivity index (χ0v) is 20.6. The highest BCUT2D eigenvalue weighted by molar-refractivity contribution is 7.14. The van der Waals surface area contributed by atoms with Gasteiger partial charge in [-0.15, -0.1) is 11.3 Å². The van der Waals surface area contributed by atoms with Gasteiger partial charge in [-0.1, -0.05) is 6.08 Å². The van der Waals surface area contributed by atoms with Crippen LogP contribution in [0.5, 0.6) is 5.75 Å². The van der Waals surface area contributed by atoms with Crippen molar-refractivity contribution in [1.82, 2.24) is 9.88 Å². The molecule has 7 nitrogen and oxygen atoms in total. The van der Waals surface area contributed by atoms with Crippen LogP contribution in [0.15, 0.2) is 48.3 Å². The third kappa shape index (κ3) is 5.86. The molecule has 1 aromatic heterocycles. The highest BCUT2D eigenvalue weighted by atomic mass is 32.1. The molecule has 1 amide bonds. The van der Waals surface area contributed by atoms with Crippen LogP contribution in [0.3, 0.4) is 0 Å².